The normalized spacial score (nSPS) is 29.9. The molecule has 1 fully saturated rings. The van der Waals surface area contributed by atoms with Crippen molar-refractivity contribution in [1.82, 2.24) is 19.5 Å². The van der Waals surface area contributed by atoms with Gasteiger partial charge in [0.05, 0.1) is 12.9 Å². The number of aliphatic hydroxyl groups excluding tert-OH is 3. The van der Waals surface area contributed by atoms with E-state index in [0.29, 0.717) is 12.8 Å². The summed E-state index contributed by atoms with van der Waals surface area (Å²) < 4.78 is 7.27. The van der Waals surface area contributed by atoms with Crippen LogP contribution in [0.2, 0.25) is 0 Å². The van der Waals surface area contributed by atoms with E-state index in [0.717, 1.165) is 0 Å². The van der Waals surface area contributed by atoms with Crippen molar-refractivity contribution < 1.29 is 20.1 Å². The first-order valence-corrected chi connectivity index (χ1v) is 7.54. The van der Waals surface area contributed by atoms with Crippen molar-refractivity contribution in [2.75, 3.05) is 12.3 Å². The summed E-state index contributed by atoms with van der Waals surface area (Å²) in [5, 5.41) is 39.2. The van der Waals surface area contributed by atoms with E-state index in [9.17, 15) is 15.3 Å². The Balaban J connectivity index is 2.22. The summed E-state index contributed by atoms with van der Waals surface area (Å²) >= 11 is 0. The molecule has 128 valence electrons. The average Bonchev–Trinajstić information content (AvgIpc) is 3.11. The molecule has 0 unspecified atom stereocenters. The first-order valence-electron chi connectivity index (χ1n) is 7.54. The van der Waals surface area contributed by atoms with E-state index in [1.54, 1.807) is 0 Å². The number of imidazole rings is 1. The molecule has 5 N–H and O–H groups in total. The summed E-state index contributed by atoms with van der Waals surface area (Å²) in [6.07, 6.45) is -1.20. The largest absolute Gasteiger partial charge is 0.394 e. The van der Waals surface area contributed by atoms with Crippen LogP contribution in [0.5, 0.6) is 0 Å². The summed E-state index contributed by atoms with van der Waals surface area (Å²) in [5.74, 6) is -0.103. The van der Waals surface area contributed by atoms with E-state index in [-0.39, 0.29) is 22.8 Å². The fourth-order valence-corrected chi connectivity index (χ4v) is 3.15. The van der Waals surface area contributed by atoms with Gasteiger partial charge in [-0.05, 0) is 6.42 Å². The van der Waals surface area contributed by atoms with Crippen molar-refractivity contribution in [3.8, 4) is 6.07 Å². The molecule has 0 bridgehead atoms. The Morgan fingerprint density at radius 3 is 2.79 bits per heavy atom. The van der Waals surface area contributed by atoms with Crippen LogP contribution in [0.25, 0.3) is 11.2 Å². The molecule has 0 aliphatic carbocycles. The van der Waals surface area contributed by atoms with E-state index >= 15 is 0 Å². The molecule has 1 aliphatic heterocycles. The van der Waals surface area contributed by atoms with Crippen molar-refractivity contribution in [1.29, 1.82) is 5.26 Å². The maximum Gasteiger partial charge on any atom is 0.236 e. The lowest BCUT2D eigenvalue weighted by molar-refractivity contribution is -0.150. The third-order valence-electron chi connectivity index (χ3n) is 4.24. The molecule has 3 heterocycles. The second kappa shape index (κ2) is 5.95. The number of aliphatic hydroxyl groups is 3. The van der Waals surface area contributed by atoms with Gasteiger partial charge in [0, 0.05) is 0 Å². The molecule has 0 radical (unpaired) electrons. The third-order valence-corrected chi connectivity index (χ3v) is 4.24. The maximum absolute atomic E-state index is 10.6. The first kappa shape index (κ1) is 16.5. The number of nitrogen functional groups attached to an aromatic ring is 1. The number of aromatic nitrogens is 4. The molecular weight excluding hydrogens is 316 g/mol. The quantitative estimate of drug-likeness (QED) is 0.540. The molecule has 2 aromatic rings. The van der Waals surface area contributed by atoms with Crippen LogP contribution in [0.3, 0.4) is 0 Å². The smallest absolute Gasteiger partial charge is 0.236 e. The van der Waals surface area contributed by atoms with Gasteiger partial charge in [-0.15, -0.1) is 0 Å². The standard InChI is InChI=1S/C14H18N6O4/c1-2-3-14(11(23)10(22)7(5-21)24-14)20-6-17-9-12(16)18-8(4-15)19-13(9)20/h6-7,10-11,21-23H,2-3,5H2,1H3,(H2,16,18,19)/t7-,10-,11-,14-/m1/s1. The first-order chi connectivity index (χ1) is 11.5. The van der Waals surface area contributed by atoms with Crippen molar-refractivity contribution in [3.05, 3.63) is 12.2 Å². The minimum absolute atomic E-state index is 0.0358. The monoisotopic (exact) mass is 334 g/mol. The van der Waals surface area contributed by atoms with E-state index in [2.05, 4.69) is 15.0 Å². The molecule has 3 rings (SSSR count). The van der Waals surface area contributed by atoms with Crippen LogP contribution in [0.15, 0.2) is 6.33 Å². The highest BCUT2D eigenvalue weighted by Gasteiger charge is 2.55. The van der Waals surface area contributed by atoms with Crippen LogP contribution < -0.4 is 5.73 Å². The van der Waals surface area contributed by atoms with Gasteiger partial charge in [-0.3, -0.25) is 4.57 Å². The van der Waals surface area contributed by atoms with Crippen LogP contribution in [0, 0.1) is 11.3 Å². The zero-order chi connectivity index (χ0) is 17.5. The van der Waals surface area contributed by atoms with Crippen LogP contribution >= 0.6 is 0 Å². The SMILES string of the molecule is CCC[C@@]1(n2cnc3c(N)nc(C#N)nc32)O[C@H](CO)[C@@H](O)[C@H]1O. The number of anilines is 1. The Hall–Kier alpha value is -2.32. The highest BCUT2D eigenvalue weighted by molar-refractivity contribution is 5.82. The molecule has 1 aliphatic rings. The number of nitriles is 1. The topological polar surface area (TPSA) is 163 Å². The van der Waals surface area contributed by atoms with E-state index in [1.165, 1.54) is 10.9 Å². The fourth-order valence-electron chi connectivity index (χ4n) is 3.15. The van der Waals surface area contributed by atoms with Gasteiger partial charge in [0.25, 0.3) is 0 Å². The summed E-state index contributed by atoms with van der Waals surface area (Å²) in [5.41, 5.74) is 4.92. The summed E-state index contributed by atoms with van der Waals surface area (Å²) in [6.45, 7) is 1.44. The van der Waals surface area contributed by atoms with Gasteiger partial charge < -0.3 is 25.8 Å². The second-order valence-electron chi connectivity index (χ2n) is 5.70. The Morgan fingerprint density at radius 2 is 2.21 bits per heavy atom. The summed E-state index contributed by atoms with van der Waals surface area (Å²) in [7, 11) is 0. The predicted molar refractivity (Wildman–Crippen MR) is 81.3 cm³/mol. The zero-order valence-electron chi connectivity index (χ0n) is 13.0. The van der Waals surface area contributed by atoms with Crippen molar-refractivity contribution >= 4 is 17.0 Å². The summed E-state index contributed by atoms with van der Waals surface area (Å²) in [6, 6.07) is 1.82. The lowest BCUT2D eigenvalue weighted by Crippen LogP contribution is -2.45. The van der Waals surface area contributed by atoms with Crippen LogP contribution in [0.4, 0.5) is 5.82 Å². The Bertz CT molecular complexity index is 802. The molecule has 0 amide bonds. The molecule has 0 aromatic carbocycles. The van der Waals surface area contributed by atoms with Crippen molar-refractivity contribution in [3.63, 3.8) is 0 Å². The molecular formula is C14H18N6O4. The van der Waals surface area contributed by atoms with Gasteiger partial charge in [0.2, 0.25) is 5.82 Å². The average molecular weight is 334 g/mol. The fraction of sp³-hybridized carbons (Fsp3) is 0.571. The van der Waals surface area contributed by atoms with Crippen LogP contribution in [-0.4, -0.2) is 59.8 Å². The van der Waals surface area contributed by atoms with E-state index < -0.39 is 30.6 Å². The third kappa shape index (κ3) is 2.22. The Morgan fingerprint density at radius 1 is 1.46 bits per heavy atom. The van der Waals surface area contributed by atoms with Gasteiger partial charge in [0.1, 0.15) is 29.9 Å². The number of nitrogens with two attached hydrogens (primary N) is 1. The molecule has 1 saturated heterocycles. The molecule has 0 saturated carbocycles. The minimum atomic E-state index is -1.37. The predicted octanol–water partition coefficient (Wildman–Crippen LogP) is -1.15. The van der Waals surface area contributed by atoms with Gasteiger partial charge in [-0.25, -0.2) is 4.98 Å². The van der Waals surface area contributed by atoms with Crippen molar-refractivity contribution in [2.45, 2.75) is 43.8 Å². The molecule has 2 aromatic heterocycles. The lowest BCUT2D eigenvalue weighted by atomic mass is 9.98. The minimum Gasteiger partial charge on any atom is -0.394 e. The second-order valence-corrected chi connectivity index (χ2v) is 5.70. The molecule has 24 heavy (non-hydrogen) atoms. The highest BCUT2D eigenvalue weighted by atomic mass is 16.6. The van der Waals surface area contributed by atoms with Crippen LogP contribution in [-0.2, 0) is 10.5 Å². The number of ether oxygens (including phenoxy) is 1. The number of nitrogens with zero attached hydrogens (tertiary/aromatic N) is 5. The molecule has 0 spiro atoms. The number of rotatable bonds is 4. The van der Waals surface area contributed by atoms with Gasteiger partial charge >= 0.3 is 0 Å². The van der Waals surface area contributed by atoms with Crippen molar-refractivity contribution in [2.24, 2.45) is 0 Å². The van der Waals surface area contributed by atoms with Gasteiger partial charge in [0.15, 0.2) is 17.2 Å². The van der Waals surface area contributed by atoms with E-state index in [4.69, 9.17) is 15.7 Å². The summed E-state index contributed by atoms with van der Waals surface area (Å²) in [4.78, 5) is 12.1. The molecule has 4 atom stereocenters. The maximum atomic E-state index is 10.6. The lowest BCUT2D eigenvalue weighted by Gasteiger charge is -2.33. The van der Waals surface area contributed by atoms with Crippen LogP contribution in [0.1, 0.15) is 25.6 Å². The molecule has 10 nitrogen and oxygen atoms in total. The number of hydrogen-bond acceptors (Lipinski definition) is 9. The van der Waals surface area contributed by atoms with E-state index in [1.807, 2.05) is 13.0 Å². The Labute approximate surface area is 137 Å². The van der Waals surface area contributed by atoms with Gasteiger partial charge in [-0.1, -0.05) is 13.3 Å². The Kier molecular flexibility index (Phi) is 4.10. The highest BCUT2D eigenvalue weighted by Crippen LogP contribution is 2.41. The van der Waals surface area contributed by atoms with Gasteiger partial charge in [-0.2, -0.15) is 15.2 Å². The number of hydrogen-bond donors (Lipinski definition) is 4. The molecule has 10 heteroatoms. The zero-order valence-corrected chi connectivity index (χ0v) is 13.0. The number of fused-ring (bicyclic) bond motifs is 1.